The second-order valence-electron chi connectivity index (χ2n) is 11.2. The van der Waals surface area contributed by atoms with E-state index in [-0.39, 0.29) is 11.2 Å². The molecule has 0 aliphatic heterocycles. The topological polar surface area (TPSA) is 34.9 Å². The van der Waals surface area contributed by atoms with Gasteiger partial charge in [0.25, 0.3) is 0 Å². The first-order chi connectivity index (χ1) is 18.4. The van der Waals surface area contributed by atoms with Crippen molar-refractivity contribution in [2.24, 2.45) is 0 Å². The van der Waals surface area contributed by atoms with Gasteiger partial charge in [-0.3, -0.25) is 9.48 Å². The maximum Gasteiger partial charge on any atom is 0.163 e. The lowest BCUT2D eigenvalue weighted by Gasteiger charge is -2.17. The summed E-state index contributed by atoms with van der Waals surface area (Å²) >= 11 is 0. The van der Waals surface area contributed by atoms with E-state index >= 15 is 0 Å². The summed E-state index contributed by atoms with van der Waals surface area (Å²) < 4.78 is 2.04. The van der Waals surface area contributed by atoms with Gasteiger partial charge in [-0.1, -0.05) is 105 Å². The molecule has 190 valence electrons. The molecule has 0 bridgehead atoms. The molecule has 1 aromatic heterocycles. The minimum atomic E-state index is -0.00635. The predicted octanol–water partition coefficient (Wildman–Crippen LogP) is 8.49. The number of aryl methyl sites for hydroxylation is 1. The number of nitrogens with zero attached hydrogens (tertiary/aromatic N) is 2. The number of fused-ring (bicyclic) bond motifs is 1. The Morgan fingerprint density at radius 1 is 0.868 bits per heavy atom. The van der Waals surface area contributed by atoms with Crippen LogP contribution in [0.2, 0.25) is 0 Å². The van der Waals surface area contributed by atoms with Crippen LogP contribution in [0.15, 0.2) is 97.1 Å². The van der Waals surface area contributed by atoms with E-state index in [0.717, 1.165) is 35.0 Å². The van der Waals surface area contributed by atoms with Crippen LogP contribution in [0.25, 0.3) is 22.0 Å². The Hall–Kier alpha value is -3.98. The Morgan fingerprint density at radius 2 is 1.61 bits per heavy atom. The number of ketones is 1. The van der Waals surface area contributed by atoms with Crippen molar-refractivity contribution in [2.75, 3.05) is 0 Å². The third-order valence-corrected chi connectivity index (χ3v) is 8.17. The normalized spacial score (nSPS) is 14.2. The molecule has 0 spiro atoms. The summed E-state index contributed by atoms with van der Waals surface area (Å²) in [5.41, 5.74) is 9.06. The van der Waals surface area contributed by atoms with Gasteiger partial charge in [-0.2, -0.15) is 5.10 Å². The second-order valence-corrected chi connectivity index (χ2v) is 11.2. The molecule has 0 atom stereocenters. The first kappa shape index (κ1) is 24.4. The smallest absolute Gasteiger partial charge is 0.163 e. The van der Waals surface area contributed by atoms with E-state index in [1.165, 1.54) is 27.8 Å². The molecule has 6 rings (SSSR count). The summed E-state index contributed by atoms with van der Waals surface area (Å²) in [5.74, 6) is 0.707. The van der Waals surface area contributed by atoms with E-state index < -0.39 is 0 Å². The van der Waals surface area contributed by atoms with Crippen LogP contribution < -0.4 is 0 Å². The molecule has 1 fully saturated rings. The Bertz CT molecular complexity index is 1610. The van der Waals surface area contributed by atoms with Gasteiger partial charge >= 0.3 is 0 Å². The molecule has 5 aromatic rings. The van der Waals surface area contributed by atoms with Gasteiger partial charge in [0.05, 0.1) is 17.8 Å². The van der Waals surface area contributed by atoms with E-state index in [4.69, 9.17) is 5.10 Å². The van der Waals surface area contributed by atoms with E-state index in [2.05, 4.69) is 98.8 Å². The number of rotatable bonds is 8. The van der Waals surface area contributed by atoms with Gasteiger partial charge in [0, 0.05) is 22.8 Å². The SMILES string of the molecule is Cc1nn(Cc2ccc(-c3ccccc3)cc2)c2cc(C(=O)CC3(c4cccc(C(C)C)c4)CC3)ccc12. The number of benzene rings is 4. The summed E-state index contributed by atoms with van der Waals surface area (Å²) in [4.78, 5) is 13.6. The Kier molecular flexibility index (Phi) is 6.23. The van der Waals surface area contributed by atoms with Gasteiger partial charge in [0.1, 0.15) is 0 Å². The largest absolute Gasteiger partial charge is 0.294 e. The van der Waals surface area contributed by atoms with Crippen molar-refractivity contribution in [1.82, 2.24) is 9.78 Å². The maximum atomic E-state index is 13.6. The van der Waals surface area contributed by atoms with Gasteiger partial charge in [-0.25, -0.2) is 0 Å². The Balaban J connectivity index is 1.24. The van der Waals surface area contributed by atoms with Gasteiger partial charge in [0.2, 0.25) is 0 Å². The van der Waals surface area contributed by atoms with Crippen LogP contribution in [-0.2, 0) is 12.0 Å². The standard InChI is InChI=1S/C35H34N2O/c1-24(2)29-10-7-11-31(20-29)35(18-19-35)22-34(38)30-16-17-32-25(3)36-37(33(32)21-30)23-26-12-14-28(15-13-26)27-8-5-4-6-9-27/h4-17,20-21,24H,18-19,22-23H2,1-3H3. The molecule has 1 saturated carbocycles. The minimum absolute atomic E-state index is 0.00635. The number of Topliss-reactive ketones (excluding diaryl/α,β-unsaturated/α-hetero) is 1. The van der Waals surface area contributed by atoms with Crippen molar-refractivity contribution >= 4 is 16.7 Å². The Labute approximate surface area is 225 Å². The number of hydrogen-bond donors (Lipinski definition) is 0. The number of hydrogen-bond acceptors (Lipinski definition) is 2. The minimum Gasteiger partial charge on any atom is -0.294 e. The second kappa shape index (κ2) is 9.72. The molecule has 4 aromatic carbocycles. The molecule has 3 nitrogen and oxygen atoms in total. The molecule has 0 unspecified atom stereocenters. The molecule has 3 heteroatoms. The first-order valence-corrected chi connectivity index (χ1v) is 13.7. The van der Waals surface area contributed by atoms with Crippen molar-refractivity contribution in [3.8, 4) is 11.1 Å². The van der Waals surface area contributed by atoms with Gasteiger partial charge in [0.15, 0.2) is 5.78 Å². The molecule has 0 amide bonds. The highest BCUT2D eigenvalue weighted by molar-refractivity contribution is 6.00. The Morgan fingerprint density at radius 3 is 2.32 bits per heavy atom. The average Bonchev–Trinajstić information content (AvgIpc) is 3.67. The number of carbonyl (C=O) groups is 1. The van der Waals surface area contributed by atoms with Crippen LogP contribution >= 0.6 is 0 Å². The van der Waals surface area contributed by atoms with E-state index in [1.54, 1.807) is 0 Å². The van der Waals surface area contributed by atoms with Crippen LogP contribution in [0.1, 0.15) is 71.8 Å². The summed E-state index contributed by atoms with van der Waals surface area (Å²) in [6.45, 7) is 7.16. The summed E-state index contributed by atoms with van der Waals surface area (Å²) in [5, 5.41) is 5.94. The highest BCUT2D eigenvalue weighted by atomic mass is 16.1. The zero-order valence-electron chi connectivity index (χ0n) is 22.4. The summed E-state index contributed by atoms with van der Waals surface area (Å²) in [6.07, 6.45) is 2.73. The quantitative estimate of drug-likeness (QED) is 0.201. The lowest BCUT2D eigenvalue weighted by molar-refractivity contribution is 0.0970. The van der Waals surface area contributed by atoms with Crippen molar-refractivity contribution in [3.05, 3.63) is 125 Å². The zero-order valence-corrected chi connectivity index (χ0v) is 22.4. The molecule has 0 saturated heterocycles. The molecule has 1 aliphatic carbocycles. The molecule has 1 heterocycles. The molecule has 0 radical (unpaired) electrons. The van der Waals surface area contributed by atoms with Gasteiger partial charge in [-0.15, -0.1) is 0 Å². The highest BCUT2D eigenvalue weighted by Gasteiger charge is 2.45. The summed E-state index contributed by atoms with van der Waals surface area (Å²) in [7, 11) is 0. The van der Waals surface area contributed by atoms with Crippen molar-refractivity contribution in [1.29, 1.82) is 0 Å². The van der Waals surface area contributed by atoms with Crippen LogP contribution in [-0.4, -0.2) is 15.6 Å². The van der Waals surface area contributed by atoms with Crippen LogP contribution in [0.3, 0.4) is 0 Å². The number of aromatic nitrogens is 2. The lowest BCUT2D eigenvalue weighted by Crippen LogP contribution is -2.14. The van der Waals surface area contributed by atoms with Crippen molar-refractivity contribution < 1.29 is 4.79 Å². The molecule has 38 heavy (non-hydrogen) atoms. The van der Waals surface area contributed by atoms with Crippen molar-refractivity contribution in [3.63, 3.8) is 0 Å². The van der Waals surface area contributed by atoms with Gasteiger partial charge < -0.3 is 0 Å². The van der Waals surface area contributed by atoms with E-state index in [1.807, 2.05) is 23.7 Å². The third kappa shape index (κ3) is 4.69. The molecule has 0 N–H and O–H groups in total. The predicted molar refractivity (Wildman–Crippen MR) is 156 cm³/mol. The van der Waals surface area contributed by atoms with Crippen molar-refractivity contribution in [2.45, 2.75) is 57.9 Å². The first-order valence-electron chi connectivity index (χ1n) is 13.7. The zero-order chi connectivity index (χ0) is 26.3. The maximum absolute atomic E-state index is 13.6. The van der Waals surface area contributed by atoms with Gasteiger partial charge in [-0.05, 0) is 59.6 Å². The third-order valence-electron chi connectivity index (χ3n) is 8.17. The van der Waals surface area contributed by atoms with E-state index in [0.29, 0.717) is 18.9 Å². The lowest BCUT2D eigenvalue weighted by atomic mass is 9.86. The van der Waals surface area contributed by atoms with Crippen LogP contribution in [0.5, 0.6) is 0 Å². The number of carbonyl (C=O) groups excluding carboxylic acids is 1. The molecular formula is C35H34N2O. The fourth-order valence-corrected chi connectivity index (χ4v) is 5.60. The van der Waals surface area contributed by atoms with E-state index in [9.17, 15) is 4.79 Å². The fraction of sp³-hybridized carbons (Fsp3) is 0.257. The van der Waals surface area contributed by atoms with Crippen LogP contribution in [0.4, 0.5) is 0 Å². The summed E-state index contributed by atoms with van der Waals surface area (Å²) in [6, 6.07) is 34.1. The molecule has 1 aliphatic rings. The fourth-order valence-electron chi connectivity index (χ4n) is 5.60. The average molecular weight is 499 g/mol. The molecular weight excluding hydrogens is 464 g/mol. The highest BCUT2D eigenvalue weighted by Crippen LogP contribution is 2.52. The van der Waals surface area contributed by atoms with Crippen LogP contribution in [0, 0.1) is 6.92 Å². The monoisotopic (exact) mass is 498 g/mol.